The second-order valence-corrected chi connectivity index (χ2v) is 7.10. The number of aryl methyl sites for hydroxylation is 1. The van der Waals surface area contributed by atoms with Crippen LogP contribution in [0.5, 0.6) is 11.6 Å². The Kier molecular flexibility index (Phi) is 4.22. The Hall–Kier alpha value is -2.70. The van der Waals surface area contributed by atoms with Gasteiger partial charge in [0.1, 0.15) is 12.1 Å². The third-order valence-corrected chi connectivity index (χ3v) is 5.44. The minimum atomic E-state index is 0.0399. The number of ether oxygens (including phenoxy) is 1. The van der Waals surface area contributed by atoms with E-state index in [2.05, 4.69) is 19.9 Å². The summed E-state index contributed by atoms with van der Waals surface area (Å²) in [5.74, 6) is 2.35. The SMILES string of the molecule is Cc1ncccc1Oc1ncnc(N2C[C@@H]3CC[C@H](C2)N(C)C3=O)c1C. The highest BCUT2D eigenvalue weighted by atomic mass is 16.5. The molecule has 0 unspecified atom stereocenters. The number of carbonyl (C=O) groups is 1. The normalized spacial score (nSPS) is 22.5. The van der Waals surface area contributed by atoms with Crippen LogP contribution in [-0.4, -0.2) is 51.9 Å². The molecule has 0 spiro atoms. The van der Waals surface area contributed by atoms with Gasteiger partial charge < -0.3 is 14.5 Å². The number of nitrogens with zero attached hydrogens (tertiary/aromatic N) is 5. The molecule has 5 rings (SSSR count). The smallest absolute Gasteiger partial charge is 0.227 e. The fourth-order valence-electron chi connectivity index (χ4n) is 3.86. The van der Waals surface area contributed by atoms with Gasteiger partial charge in [-0.25, -0.2) is 9.97 Å². The molecule has 2 aromatic rings. The van der Waals surface area contributed by atoms with Gasteiger partial charge in [-0.15, -0.1) is 0 Å². The standard InChI is InChI=1S/C19H23N5O2/c1-12-17(24-9-14-6-7-15(10-24)23(3)19(14)25)21-11-22-18(12)26-16-5-4-8-20-13(16)2/h4-5,8,11,14-15H,6-7,9-10H2,1-3H3/t14-,15+/m0/s1. The number of carbonyl (C=O) groups excluding carboxylic acids is 1. The largest absolute Gasteiger partial charge is 0.437 e. The lowest BCUT2D eigenvalue weighted by molar-refractivity contribution is -0.138. The molecule has 26 heavy (non-hydrogen) atoms. The van der Waals surface area contributed by atoms with Gasteiger partial charge >= 0.3 is 0 Å². The van der Waals surface area contributed by atoms with Crippen molar-refractivity contribution < 1.29 is 9.53 Å². The first-order valence-electron chi connectivity index (χ1n) is 8.97. The van der Waals surface area contributed by atoms with Crippen molar-refractivity contribution in [2.45, 2.75) is 32.7 Å². The molecule has 2 bridgehead atoms. The van der Waals surface area contributed by atoms with Crippen LogP contribution < -0.4 is 9.64 Å². The fourth-order valence-corrected chi connectivity index (χ4v) is 3.86. The number of piperidine rings is 1. The molecule has 136 valence electrons. The van der Waals surface area contributed by atoms with Gasteiger partial charge in [-0.1, -0.05) is 0 Å². The molecule has 0 aromatic carbocycles. The van der Waals surface area contributed by atoms with Crippen molar-refractivity contribution in [2.75, 3.05) is 25.0 Å². The average Bonchev–Trinajstić information content (AvgIpc) is 2.92. The number of amides is 1. The van der Waals surface area contributed by atoms with Crippen molar-refractivity contribution in [3.05, 3.63) is 35.9 Å². The first-order chi connectivity index (χ1) is 12.5. The van der Waals surface area contributed by atoms with Gasteiger partial charge in [-0.3, -0.25) is 9.78 Å². The third kappa shape index (κ3) is 2.87. The molecule has 3 aliphatic heterocycles. The number of anilines is 1. The van der Waals surface area contributed by atoms with Crippen molar-refractivity contribution in [1.29, 1.82) is 0 Å². The Morgan fingerprint density at radius 3 is 2.81 bits per heavy atom. The molecule has 0 saturated carbocycles. The maximum absolute atomic E-state index is 12.4. The van der Waals surface area contributed by atoms with Crippen molar-refractivity contribution in [3.63, 3.8) is 0 Å². The van der Waals surface area contributed by atoms with Gasteiger partial charge in [-0.2, -0.15) is 0 Å². The molecule has 7 nitrogen and oxygen atoms in total. The number of rotatable bonds is 3. The highest BCUT2D eigenvalue weighted by Crippen LogP contribution is 2.34. The molecule has 0 N–H and O–H groups in total. The summed E-state index contributed by atoms with van der Waals surface area (Å²) in [6.45, 7) is 5.36. The minimum Gasteiger partial charge on any atom is -0.437 e. The van der Waals surface area contributed by atoms with Crippen molar-refractivity contribution in [2.24, 2.45) is 5.92 Å². The Morgan fingerprint density at radius 2 is 2.00 bits per heavy atom. The third-order valence-electron chi connectivity index (χ3n) is 5.44. The predicted octanol–water partition coefficient (Wildman–Crippen LogP) is 2.34. The summed E-state index contributed by atoms with van der Waals surface area (Å²) < 4.78 is 6.00. The summed E-state index contributed by atoms with van der Waals surface area (Å²) in [5, 5.41) is 0. The monoisotopic (exact) mass is 353 g/mol. The average molecular weight is 353 g/mol. The molecule has 0 aliphatic carbocycles. The van der Waals surface area contributed by atoms with E-state index in [1.165, 1.54) is 6.33 Å². The second-order valence-electron chi connectivity index (χ2n) is 7.10. The highest BCUT2D eigenvalue weighted by Gasteiger charge is 2.39. The minimum absolute atomic E-state index is 0.0399. The molecule has 5 heterocycles. The highest BCUT2D eigenvalue weighted by molar-refractivity contribution is 5.81. The maximum atomic E-state index is 12.4. The summed E-state index contributed by atoms with van der Waals surface area (Å²) in [7, 11) is 1.91. The summed E-state index contributed by atoms with van der Waals surface area (Å²) in [6.07, 6.45) is 5.27. The molecular weight excluding hydrogens is 330 g/mol. The molecule has 3 saturated heterocycles. The van der Waals surface area contributed by atoms with E-state index in [0.29, 0.717) is 18.2 Å². The van der Waals surface area contributed by atoms with Crippen LogP contribution in [0.1, 0.15) is 24.1 Å². The van der Waals surface area contributed by atoms with Crippen LogP contribution in [0.15, 0.2) is 24.7 Å². The molecule has 3 aliphatic rings. The van der Waals surface area contributed by atoms with Gasteiger partial charge in [0.05, 0.1) is 17.2 Å². The topological polar surface area (TPSA) is 71.5 Å². The molecule has 3 fully saturated rings. The summed E-state index contributed by atoms with van der Waals surface area (Å²) in [6, 6.07) is 3.96. The number of hydrogen-bond donors (Lipinski definition) is 0. The van der Waals surface area contributed by atoms with Crippen LogP contribution in [0.25, 0.3) is 0 Å². The van der Waals surface area contributed by atoms with E-state index in [-0.39, 0.29) is 17.9 Å². The van der Waals surface area contributed by atoms with Gasteiger partial charge in [-0.05, 0) is 38.8 Å². The van der Waals surface area contributed by atoms with Crippen LogP contribution in [0.3, 0.4) is 0 Å². The van der Waals surface area contributed by atoms with Gasteiger partial charge in [0.15, 0.2) is 5.75 Å². The number of pyridine rings is 1. The van der Waals surface area contributed by atoms with E-state index in [1.54, 1.807) is 6.20 Å². The van der Waals surface area contributed by atoms with E-state index in [9.17, 15) is 4.79 Å². The molecule has 2 atom stereocenters. The van der Waals surface area contributed by atoms with Gasteiger partial charge in [0, 0.05) is 32.4 Å². The molecule has 1 amide bonds. The zero-order chi connectivity index (χ0) is 18.3. The Balaban J connectivity index is 1.64. The van der Waals surface area contributed by atoms with E-state index in [0.717, 1.165) is 36.5 Å². The van der Waals surface area contributed by atoms with E-state index in [1.807, 2.05) is 37.9 Å². The van der Waals surface area contributed by atoms with Crippen molar-refractivity contribution in [3.8, 4) is 11.6 Å². The van der Waals surface area contributed by atoms with Crippen LogP contribution in [0, 0.1) is 19.8 Å². The van der Waals surface area contributed by atoms with Crippen LogP contribution in [-0.2, 0) is 4.79 Å². The molecule has 2 aromatic heterocycles. The Bertz CT molecular complexity index is 840. The van der Waals surface area contributed by atoms with E-state index < -0.39 is 0 Å². The van der Waals surface area contributed by atoms with Crippen molar-refractivity contribution >= 4 is 11.7 Å². The number of hydrogen-bond acceptors (Lipinski definition) is 6. The second kappa shape index (κ2) is 6.55. The summed E-state index contributed by atoms with van der Waals surface area (Å²) >= 11 is 0. The van der Waals surface area contributed by atoms with Crippen LogP contribution in [0.4, 0.5) is 5.82 Å². The lowest BCUT2D eigenvalue weighted by Gasteiger charge is -2.32. The first-order valence-corrected chi connectivity index (χ1v) is 8.97. The molecule has 0 radical (unpaired) electrons. The van der Waals surface area contributed by atoms with Gasteiger partial charge in [0.2, 0.25) is 11.8 Å². The van der Waals surface area contributed by atoms with Crippen LogP contribution >= 0.6 is 0 Å². The van der Waals surface area contributed by atoms with E-state index in [4.69, 9.17) is 4.74 Å². The van der Waals surface area contributed by atoms with Crippen molar-refractivity contribution in [1.82, 2.24) is 19.9 Å². The first kappa shape index (κ1) is 16.8. The number of aromatic nitrogens is 3. The maximum Gasteiger partial charge on any atom is 0.227 e. The molecular formula is C19H23N5O2. The Morgan fingerprint density at radius 1 is 1.15 bits per heavy atom. The lowest BCUT2D eigenvalue weighted by Crippen LogP contribution is -2.45. The summed E-state index contributed by atoms with van der Waals surface area (Å²) in [4.78, 5) is 29.6. The zero-order valence-electron chi connectivity index (χ0n) is 15.3. The fraction of sp³-hybridized carbons (Fsp3) is 0.474. The number of fused-ring (bicyclic) bond motifs is 4. The van der Waals surface area contributed by atoms with E-state index >= 15 is 0 Å². The predicted molar refractivity (Wildman–Crippen MR) is 97.3 cm³/mol. The molecule has 7 heteroatoms. The lowest BCUT2D eigenvalue weighted by atomic mass is 9.95. The zero-order valence-corrected chi connectivity index (χ0v) is 15.3. The van der Waals surface area contributed by atoms with Crippen LogP contribution in [0.2, 0.25) is 0 Å². The number of likely N-dealkylation sites (N-methyl/N-ethyl adjacent to an activating group) is 1. The van der Waals surface area contributed by atoms with Gasteiger partial charge in [0.25, 0.3) is 0 Å². The Labute approximate surface area is 153 Å². The quantitative estimate of drug-likeness (QED) is 0.843. The summed E-state index contributed by atoms with van der Waals surface area (Å²) in [5.41, 5.74) is 1.69.